The molecule has 0 bridgehead atoms. The van der Waals surface area contributed by atoms with E-state index in [1.165, 1.54) is 0 Å². The van der Waals surface area contributed by atoms with Crippen LogP contribution in [-0.2, 0) is 19.1 Å². The minimum absolute atomic E-state index is 0.170. The molecule has 0 saturated carbocycles. The molecule has 0 N–H and O–H groups in total. The lowest BCUT2D eigenvalue weighted by atomic mass is 10.5. The zero-order chi connectivity index (χ0) is 17.9. The van der Waals surface area contributed by atoms with E-state index in [1.54, 1.807) is 11.8 Å². The fourth-order valence-corrected chi connectivity index (χ4v) is 2.25. The van der Waals surface area contributed by atoms with Gasteiger partial charge in [-0.05, 0) is 0 Å². The molecule has 0 heterocycles. The minimum atomic E-state index is -0.170. The van der Waals surface area contributed by atoms with Crippen molar-refractivity contribution in [2.45, 2.75) is 12.8 Å². The Bertz CT molecular complexity index is 328. The largest absolute Gasteiger partial charge is 0.460 e. The summed E-state index contributed by atoms with van der Waals surface area (Å²) in [5.74, 6) is 1.01. The maximum Gasteiger partial charge on any atom is 0.306 e. The van der Waals surface area contributed by atoms with Crippen molar-refractivity contribution in [2.75, 3.05) is 80.1 Å². The molecule has 0 radical (unpaired) electrons. The van der Waals surface area contributed by atoms with E-state index in [0.717, 1.165) is 22.1 Å². The Morgan fingerprint density at radius 3 is 1.39 bits per heavy atom. The zero-order valence-corrected chi connectivity index (χ0v) is 16.4. The first-order valence-corrected chi connectivity index (χ1v) is 9.15. The monoisotopic (exact) mass is 350 g/mol. The van der Waals surface area contributed by atoms with Crippen LogP contribution in [0.3, 0.4) is 0 Å². The van der Waals surface area contributed by atoms with Crippen LogP contribution in [0.4, 0.5) is 0 Å². The van der Waals surface area contributed by atoms with Crippen LogP contribution in [-0.4, -0.2) is 101 Å². The summed E-state index contributed by atoms with van der Waals surface area (Å²) in [6.07, 6.45) is 0.775. The Kier molecular flexibility index (Phi) is 10.5. The van der Waals surface area contributed by atoms with Crippen LogP contribution in [0.15, 0.2) is 0 Å². The van der Waals surface area contributed by atoms with Gasteiger partial charge in [0.2, 0.25) is 0 Å². The molecule has 0 unspecified atom stereocenters. The first-order valence-electron chi connectivity index (χ1n) is 7.99. The molecular weight excluding hydrogens is 316 g/mol. The highest BCUT2D eigenvalue weighted by molar-refractivity contribution is 7.99. The van der Waals surface area contributed by atoms with Gasteiger partial charge in [0.05, 0.1) is 55.1 Å². The van der Waals surface area contributed by atoms with Crippen LogP contribution in [0.25, 0.3) is 0 Å². The summed E-state index contributed by atoms with van der Waals surface area (Å²) in [6.45, 7) is 2.51. The van der Waals surface area contributed by atoms with Gasteiger partial charge in [0.15, 0.2) is 0 Å². The molecule has 136 valence electrons. The highest BCUT2D eigenvalue weighted by atomic mass is 32.2. The standard InChI is InChI=1S/C16H34N2O4S/c1-17(2,3)9-11-21-15(19)7-13-23-14-8-16(20)22-12-10-18(4,5)6/h7-14H2,1-6H3/q+2. The highest BCUT2D eigenvalue weighted by Crippen LogP contribution is 2.06. The molecular formula is C16H34N2O4S+2. The topological polar surface area (TPSA) is 52.6 Å². The van der Waals surface area contributed by atoms with Crippen LogP contribution in [0, 0.1) is 0 Å². The summed E-state index contributed by atoms with van der Waals surface area (Å²) in [5.41, 5.74) is 0. The molecule has 0 fully saturated rings. The van der Waals surface area contributed by atoms with Gasteiger partial charge in [0.25, 0.3) is 0 Å². The number of quaternary nitrogens is 2. The number of carbonyl (C=O) groups excluding carboxylic acids is 2. The Morgan fingerprint density at radius 2 is 1.09 bits per heavy atom. The first kappa shape index (κ1) is 22.2. The molecule has 0 rings (SSSR count). The van der Waals surface area contributed by atoms with E-state index in [2.05, 4.69) is 42.3 Å². The number of thioether (sulfide) groups is 1. The normalized spacial score (nSPS) is 12.1. The highest BCUT2D eigenvalue weighted by Gasteiger charge is 2.11. The molecule has 0 atom stereocenters. The number of likely N-dealkylation sites (N-methyl/N-ethyl adjacent to an activating group) is 2. The summed E-state index contributed by atoms with van der Waals surface area (Å²) in [4.78, 5) is 23.1. The lowest BCUT2D eigenvalue weighted by Gasteiger charge is -2.23. The third kappa shape index (κ3) is 17.4. The Labute approximate surface area is 145 Å². The Hall–Kier alpha value is -0.790. The van der Waals surface area contributed by atoms with Crippen molar-refractivity contribution in [3.05, 3.63) is 0 Å². The number of esters is 2. The maximum atomic E-state index is 11.5. The average Bonchev–Trinajstić information content (AvgIpc) is 2.35. The van der Waals surface area contributed by atoms with E-state index >= 15 is 0 Å². The molecule has 0 aliphatic rings. The van der Waals surface area contributed by atoms with E-state index in [0.29, 0.717) is 37.6 Å². The number of hydrogen-bond acceptors (Lipinski definition) is 5. The fourth-order valence-electron chi connectivity index (χ4n) is 1.42. The third-order valence-electron chi connectivity index (χ3n) is 2.95. The Balaban J connectivity index is 3.51. The SMILES string of the molecule is C[N+](C)(C)CCOC(=O)CCSCCC(=O)OCC[N+](C)(C)C. The molecule has 0 spiro atoms. The molecule has 6 nitrogen and oxygen atoms in total. The Morgan fingerprint density at radius 1 is 0.739 bits per heavy atom. The van der Waals surface area contributed by atoms with E-state index < -0.39 is 0 Å². The smallest absolute Gasteiger partial charge is 0.306 e. The fraction of sp³-hybridized carbons (Fsp3) is 0.875. The van der Waals surface area contributed by atoms with Crippen molar-refractivity contribution in [1.29, 1.82) is 0 Å². The summed E-state index contributed by atoms with van der Waals surface area (Å²) < 4.78 is 11.9. The van der Waals surface area contributed by atoms with Gasteiger partial charge in [0.1, 0.15) is 26.3 Å². The van der Waals surface area contributed by atoms with Gasteiger partial charge in [-0.3, -0.25) is 9.59 Å². The van der Waals surface area contributed by atoms with Crippen molar-refractivity contribution in [3.8, 4) is 0 Å². The molecule has 0 aromatic rings. The molecule has 23 heavy (non-hydrogen) atoms. The van der Waals surface area contributed by atoms with Crippen LogP contribution in [0.5, 0.6) is 0 Å². The molecule has 7 heteroatoms. The zero-order valence-electron chi connectivity index (χ0n) is 15.6. The second-order valence-electron chi connectivity index (χ2n) is 7.58. The van der Waals surface area contributed by atoms with Crippen molar-refractivity contribution < 1.29 is 28.0 Å². The number of nitrogens with zero attached hydrogens (tertiary/aromatic N) is 2. The predicted molar refractivity (Wildman–Crippen MR) is 94.3 cm³/mol. The lowest BCUT2D eigenvalue weighted by molar-refractivity contribution is -0.870. The first-order chi connectivity index (χ1) is 10.5. The summed E-state index contributed by atoms with van der Waals surface area (Å²) in [7, 11) is 12.4. The van der Waals surface area contributed by atoms with Crippen LogP contribution < -0.4 is 0 Å². The number of hydrogen-bond donors (Lipinski definition) is 0. The minimum Gasteiger partial charge on any atom is -0.460 e. The van der Waals surface area contributed by atoms with Gasteiger partial charge >= 0.3 is 11.9 Å². The lowest BCUT2D eigenvalue weighted by Crippen LogP contribution is -2.38. The molecule has 0 aliphatic heterocycles. The van der Waals surface area contributed by atoms with Crippen LogP contribution >= 0.6 is 11.8 Å². The molecule has 0 amide bonds. The maximum absolute atomic E-state index is 11.5. The van der Waals surface area contributed by atoms with Crippen LogP contribution in [0.2, 0.25) is 0 Å². The quantitative estimate of drug-likeness (QED) is 0.299. The van der Waals surface area contributed by atoms with Gasteiger partial charge in [0, 0.05) is 11.5 Å². The van der Waals surface area contributed by atoms with E-state index in [9.17, 15) is 9.59 Å². The average molecular weight is 351 g/mol. The van der Waals surface area contributed by atoms with Gasteiger partial charge < -0.3 is 18.4 Å². The second-order valence-corrected chi connectivity index (χ2v) is 8.81. The van der Waals surface area contributed by atoms with Gasteiger partial charge in [-0.15, -0.1) is 0 Å². The van der Waals surface area contributed by atoms with Crippen molar-refractivity contribution in [1.82, 2.24) is 0 Å². The number of carbonyl (C=O) groups is 2. The summed E-state index contributed by atoms with van der Waals surface area (Å²) in [6, 6.07) is 0. The van der Waals surface area contributed by atoms with E-state index in [4.69, 9.17) is 9.47 Å². The van der Waals surface area contributed by atoms with Crippen LogP contribution in [0.1, 0.15) is 12.8 Å². The van der Waals surface area contributed by atoms with Gasteiger partial charge in [-0.25, -0.2) is 0 Å². The molecule has 0 aromatic heterocycles. The molecule has 0 aromatic carbocycles. The van der Waals surface area contributed by atoms with Gasteiger partial charge in [-0.2, -0.15) is 11.8 Å². The third-order valence-corrected chi connectivity index (χ3v) is 3.94. The van der Waals surface area contributed by atoms with Crippen molar-refractivity contribution >= 4 is 23.7 Å². The summed E-state index contributed by atoms with van der Waals surface area (Å²) in [5, 5.41) is 0. The van der Waals surface area contributed by atoms with E-state index in [1.807, 2.05) is 0 Å². The van der Waals surface area contributed by atoms with Crippen molar-refractivity contribution in [3.63, 3.8) is 0 Å². The number of ether oxygens (including phenoxy) is 2. The summed E-state index contributed by atoms with van der Waals surface area (Å²) >= 11 is 1.58. The van der Waals surface area contributed by atoms with E-state index in [-0.39, 0.29) is 11.9 Å². The van der Waals surface area contributed by atoms with Gasteiger partial charge in [-0.1, -0.05) is 0 Å². The molecule has 0 saturated heterocycles. The predicted octanol–water partition coefficient (Wildman–Crippen LogP) is 0.999. The van der Waals surface area contributed by atoms with Crippen molar-refractivity contribution in [2.24, 2.45) is 0 Å². The second kappa shape index (κ2) is 10.9. The number of rotatable bonds is 12. The molecule has 0 aliphatic carbocycles.